The minimum atomic E-state index is -3.09. The summed E-state index contributed by atoms with van der Waals surface area (Å²) in [4.78, 5) is 13.7. The van der Waals surface area contributed by atoms with Crippen molar-refractivity contribution in [2.75, 3.05) is 37.7 Å². The van der Waals surface area contributed by atoms with Gasteiger partial charge in [0, 0.05) is 26.1 Å². The molecule has 0 aliphatic carbocycles. The van der Waals surface area contributed by atoms with Crippen LogP contribution < -0.4 is 5.32 Å². The van der Waals surface area contributed by atoms with Crippen LogP contribution in [-0.2, 0) is 14.6 Å². The number of sulfone groups is 1. The molecular formula is C12H25ClN2O3S. The smallest absolute Gasteiger partial charge is 0.223 e. The van der Waals surface area contributed by atoms with Crippen LogP contribution in [0.4, 0.5) is 0 Å². The van der Waals surface area contributed by atoms with Crippen molar-refractivity contribution in [2.45, 2.75) is 26.7 Å². The molecule has 0 aromatic carbocycles. The maximum absolute atomic E-state index is 11.9. The van der Waals surface area contributed by atoms with E-state index in [0.29, 0.717) is 6.54 Å². The third kappa shape index (κ3) is 7.74. The number of nitrogens with one attached hydrogen (secondary N) is 1. The summed E-state index contributed by atoms with van der Waals surface area (Å²) in [6.45, 7) is 6.89. The molecule has 5 nitrogen and oxygen atoms in total. The second-order valence-corrected chi connectivity index (χ2v) is 7.47. The summed E-state index contributed by atoms with van der Waals surface area (Å²) in [6, 6.07) is 0. The van der Waals surface area contributed by atoms with Crippen LogP contribution in [0.25, 0.3) is 0 Å². The highest BCUT2D eigenvalue weighted by Gasteiger charge is 2.19. The van der Waals surface area contributed by atoms with Crippen molar-refractivity contribution >= 4 is 28.2 Å². The highest BCUT2D eigenvalue weighted by molar-refractivity contribution is 7.91. The molecule has 1 N–H and O–H groups in total. The lowest BCUT2D eigenvalue weighted by Gasteiger charge is -2.19. The van der Waals surface area contributed by atoms with Crippen LogP contribution in [0.15, 0.2) is 0 Å². The minimum Gasteiger partial charge on any atom is -0.341 e. The third-order valence-electron chi connectivity index (χ3n) is 2.91. The van der Waals surface area contributed by atoms with Crippen molar-refractivity contribution in [3.63, 3.8) is 0 Å². The van der Waals surface area contributed by atoms with Crippen molar-refractivity contribution in [2.24, 2.45) is 5.92 Å². The Labute approximate surface area is 122 Å². The van der Waals surface area contributed by atoms with E-state index in [-0.39, 0.29) is 42.2 Å². The molecule has 1 fully saturated rings. The molecule has 0 aromatic rings. The molecule has 0 unspecified atom stereocenters. The molecule has 0 bridgehead atoms. The first-order valence-corrected chi connectivity index (χ1v) is 8.42. The topological polar surface area (TPSA) is 66.5 Å². The van der Waals surface area contributed by atoms with E-state index in [4.69, 9.17) is 0 Å². The summed E-state index contributed by atoms with van der Waals surface area (Å²) in [5.41, 5.74) is 0. The first kappa shape index (κ1) is 18.7. The highest BCUT2D eigenvalue weighted by atomic mass is 35.5. The zero-order chi connectivity index (χ0) is 13.6. The number of nitrogens with zero attached hydrogens (tertiary/aromatic N) is 1. The van der Waals surface area contributed by atoms with Gasteiger partial charge in [-0.3, -0.25) is 4.79 Å². The molecule has 114 valence electrons. The van der Waals surface area contributed by atoms with E-state index in [0.717, 1.165) is 26.1 Å². The van der Waals surface area contributed by atoms with Crippen LogP contribution in [-0.4, -0.2) is 56.9 Å². The van der Waals surface area contributed by atoms with Gasteiger partial charge in [-0.25, -0.2) is 8.42 Å². The maximum Gasteiger partial charge on any atom is 0.223 e. The number of rotatable bonds is 5. The second-order valence-electron chi connectivity index (χ2n) is 5.24. The van der Waals surface area contributed by atoms with Gasteiger partial charge in [0.2, 0.25) is 5.91 Å². The molecule has 7 heteroatoms. The van der Waals surface area contributed by atoms with Gasteiger partial charge in [-0.15, -0.1) is 12.4 Å². The Bertz CT molecular complexity index is 363. The van der Waals surface area contributed by atoms with Gasteiger partial charge < -0.3 is 10.2 Å². The molecule has 1 amide bonds. The fourth-order valence-electron chi connectivity index (χ4n) is 2.09. The van der Waals surface area contributed by atoms with Crippen LogP contribution in [0.3, 0.4) is 0 Å². The van der Waals surface area contributed by atoms with Gasteiger partial charge in [-0.2, -0.15) is 0 Å². The molecule has 1 aliphatic rings. The van der Waals surface area contributed by atoms with Gasteiger partial charge in [0.15, 0.2) is 9.84 Å². The predicted molar refractivity (Wildman–Crippen MR) is 79.4 cm³/mol. The summed E-state index contributed by atoms with van der Waals surface area (Å²) in [5.74, 6) is 0.231. The number of carbonyl (C=O) groups is 1. The molecule has 1 rings (SSSR count). The molecule has 0 spiro atoms. The number of carbonyl (C=O) groups excluding carboxylic acids is 1. The average molecular weight is 313 g/mol. The number of hydrogen-bond acceptors (Lipinski definition) is 4. The zero-order valence-electron chi connectivity index (χ0n) is 11.7. The van der Waals surface area contributed by atoms with Gasteiger partial charge in [0.1, 0.15) is 0 Å². The predicted octanol–water partition coefficient (Wildman–Crippen LogP) is 0.691. The zero-order valence-corrected chi connectivity index (χ0v) is 13.4. The summed E-state index contributed by atoms with van der Waals surface area (Å²) in [7, 11) is -3.09. The molecule has 1 saturated heterocycles. The van der Waals surface area contributed by atoms with E-state index in [9.17, 15) is 13.2 Å². The van der Waals surface area contributed by atoms with Gasteiger partial charge in [-0.05, 0) is 18.9 Å². The Balaban J connectivity index is 0.00000324. The Morgan fingerprint density at radius 1 is 1.26 bits per heavy atom. The summed E-state index contributed by atoms with van der Waals surface area (Å²) in [6.07, 6.45) is 1.06. The largest absolute Gasteiger partial charge is 0.341 e. The van der Waals surface area contributed by atoms with Gasteiger partial charge in [0.25, 0.3) is 0 Å². The summed E-state index contributed by atoms with van der Waals surface area (Å²) in [5, 5.41) is 3.22. The van der Waals surface area contributed by atoms with Crippen molar-refractivity contribution in [1.29, 1.82) is 0 Å². The lowest BCUT2D eigenvalue weighted by atomic mass is 10.3. The first-order valence-electron chi connectivity index (χ1n) is 6.59. The quantitative estimate of drug-likeness (QED) is 0.811. The molecular weight excluding hydrogens is 288 g/mol. The maximum atomic E-state index is 11.9. The fraction of sp³-hybridized carbons (Fsp3) is 0.917. The highest BCUT2D eigenvalue weighted by Crippen LogP contribution is 2.05. The van der Waals surface area contributed by atoms with Crippen molar-refractivity contribution < 1.29 is 13.2 Å². The Hall–Kier alpha value is -0.330. The third-order valence-corrected chi connectivity index (χ3v) is 4.91. The van der Waals surface area contributed by atoms with Crippen molar-refractivity contribution in [3.8, 4) is 0 Å². The molecule has 1 aliphatic heterocycles. The molecule has 0 aromatic heterocycles. The van der Waals surface area contributed by atoms with Crippen LogP contribution in [0.2, 0.25) is 0 Å². The molecule has 1 heterocycles. The first-order chi connectivity index (χ1) is 8.41. The van der Waals surface area contributed by atoms with Gasteiger partial charge >= 0.3 is 0 Å². The van der Waals surface area contributed by atoms with Gasteiger partial charge in [0.05, 0.1) is 11.5 Å². The fourth-order valence-corrected chi connectivity index (χ4v) is 3.76. The molecule has 0 radical (unpaired) electrons. The Kier molecular flexibility index (Phi) is 8.61. The number of halogens is 1. The van der Waals surface area contributed by atoms with E-state index in [1.807, 2.05) is 13.8 Å². The summed E-state index contributed by atoms with van der Waals surface area (Å²) < 4.78 is 23.4. The molecule has 0 atom stereocenters. The average Bonchev–Trinajstić information content (AvgIpc) is 2.52. The van der Waals surface area contributed by atoms with E-state index < -0.39 is 9.84 Å². The minimum absolute atomic E-state index is 0. The monoisotopic (exact) mass is 312 g/mol. The van der Waals surface area contributed by atoms with E-state index in [1.54, 1.807) is 4.90 Å². The van der Waals surface area contributed by atoms with E-state index in [2.05, 4.69) is 5.32 Å². The van der Waals surface area contributed by atoms with Gasteiger partial charge in [-0.1, -0.05) is 13.8 Å². The Morgan fingerprint density at radius 3 is 2.58 bits per heavy atom. The lowest BCUT2D eigenvalue weighted by Crippen LogP contribution is -2.35. The van der Waals surface area contributed by atoms with Crippen LogP contribution >= 0.6 is 12.4 Å². The van der Waals surface area contributed by atoms with E-state index >= 15 is 0 Å². The number of hydrogen-bond donors (Lipinski definition) is 1. The molecule has 0 saturated carbocycles. The number of amides is 1. The van der Waals surface area contributed by atoms with E-state index in [1.165, 1.54) is 0 Å². The van der Waals surface area contributed by atoms with Crippen LogP contribution in [0.5, 0.6) is 0 Å². The Morgan fingerprint density at radius 2 is 1.95 bits per heavy atom. The van der Waals surface area contributed by atoms with Crippen molar-refractivity contribution in [1.82, 2.24) is 10.2 Å². The molecule has 19 heavy (non-hydrogen) atoms. The normalized spacial score (nSPS) is 16.9. The second kappa shape index (κ2) is 8.76. The SMILES string of the molecule is CC(C)CS(=O)(=O)CCC(=O)N1CCCNCC1.Cl. The van der Waals surface area contributed by atoms with Crippen molar-refractivity contribution in [3.05, 3.63) is 0 Å². The van der Waals surface area contributed by atoms with Crippen LogP contribution in [0.1, 0.15) is 26.7 Å². The van der Waals surface area contributed by atoms with Crippen LogP contribution in [0, 0.1) is 5.92 Å². The summed E-state index contributed by atoms with van der Waals surface area (Å²) >= 11 is 0. The standard InChI is InChI=1S/C12H24N2O3S.ClH/c1-11(2)10-18(16,17)9-4-12(15)14-7-3-5-13-6-8-14;/h11,13H,3-10H2,1-2H3;1H. The lowest BCUT2D eigenvalue weighted by molar-refractivity contribution is -0.130.